The van der Waals surface area contributed by atoms with Crippen molar-refractivity contribution in [3.63, 3.8) is 0 Å². The van der Waals surface area contributed by atoms with Crippen molar-refractivity contribution in [2.24, 2.45) is 0 Å². The maximum atomic E-state index is 14.0. The summed E-state index contributed by atoms with van der Waals surface area (Å²) in [6.07, 6.45) is -8.82. The van der Waals surface area contributed by atoms with Gasteiger partial charge in [-0.25, -0.2) is 17.2 Å². The Bertz CT molecular complexity index is 1150. The van der Waals surface area contributed by atoms with E-state index in [9.17, 15) is 44.3 Å². The van der Waals surface area contributed by atoms with Crippen molar-refractivity contribution in [2.75, 3.05) is 0 Å². The summed E-state index contributed by atoms with van der Waals surface area (Å²) in [4.78, 5) is -1.29. The first-order valence-corrected chi connectivity index (χ1v) is 9.70. The summed E-state index contributed by atoms with van der Waals surface area (Å²) in [6, 6.07) is 3.57. The van der Waals surface area contributed by atoms with Crippen LogP contribution in [-0.4, -0.2) is 29.8 Å². The standard InChI is InChI=1S/C17H11F7N2O3S/c18-15(19)30(28,29)12-7-26(11-3-4-16(20,21)14(27)13(11)12)9-2-1-8(6-25)10(5-9)17(22,23)24/h1-2,5,7,14-15,27H,3-4H2/t14-/m0/s1. The second-order valence-corrected chi connectivity index (χ2v) is 8.42. The molecule has 3 rings (SSSR count). The van der Waals surface area contributed by atoms with Gasteiger partial charge in [0, 0.05) is 29.6 Å². The third-order valence-corrected chi connectivity index (χ3v) is 6.14. The zero-order valence-electron chi connectivity index (χ0n) is 14.6. The molecule has 1 aromatic carbocycles. The number of rotatable bonds is 3. The highest BCUT2D eigenvalue weighted by atomic mass is 32.2. The first-order valence-electron chi connectivity index (χ1n) is 8.15. The van der Waals surface area contributed by atoms with E-state index in [2.05, 4.69) is 0 Å². The Balaban J connectivity index is 2.33. The second-order valence-electron chi connectivity index (χ2n) is 6.53. The maximum absolute atomic E-state index is 14.0. The number of fused-ring (bicyclic) bond motifs is 1. The summed E-state index contributed by atoms with van der Waals surface area (Å²) in [6.45, 7) is 0. The SMILES string of the molecule is N#Cc1ccc(-n2cc(S(=O)(=O)C(F)F)c3c2CCC(F)(F)[C@H]3O)cc1C(F)(F)F. The lowest BCUT2D eigenvalue weighted by molar-refractivity contribution is -0.137. The Kier molecular flexibility index (Phi) is 5.15. The molecule has 0 fully saturated rings. The van der Waals surface area contributed by atoms with Gasteiger partial charge in [-0.05, 0) is 24.6 Å². The van der Waals surface area contributed by atoms with Gasteiger partial charge >= 0.3 is 11.9 Å². The molecule has 0 saturated carbocycles. The zero-order valence-corrected chi connectivity index (χ0v) is 15.4. The third-order valence-electron chi connectivity index (χ3n) is 4.73. The minimum atomic E-state index is -5.46. The lowest BCUT2D eigenvalue weighted by Crippen LogP contribution is -2.33. The minimum Gasteiger partial charge on any atom is -0.382 e. The van der Waals surface area contributed by atoms with Crippen molar-refractivity contribution in [3.05, 3.63) is 46.8 Å². The van der Waals surface area contributed by atoms with Crippen LogP contribution in [0.1, 0.15) is 34.9 Å². The first kappa shape index (κ1) is 22.1. The fourth-order valence-electron chi connectivity index (χ4n) is 3.28. The molecule has 13 heteroatoms. The predicted octanol–water partition coefficient (Wildman–Crippen LogP) is 3.98. The average Bonchev–Trinajstić information content (AvgIpc) is 3.04. The Morgan fingerprint density at radius 3 is 2.43 bits per heavy atom. The molecule has 0 bridgehead atoms. The Morgan fingerprint density at radius 1 is 1.27 bits per heavy atom. The van der Waals surface area contributed by atoms with Crippen LogP contribution in [0.25, 0.3) is 5.69 Å². The molecule has 2 aromatic rings. The third kappa shape index (κ3) is 3.43. The van der Waals surface area contributed by atoms with E-state index >= 15 is 0 Å². The van der Waals surface area contributed by atoms with Crippen molar-refractivity contribution >= 4 is 9.84 Å². The summed E-state index contributed by atoms with van der Waals surface area (Å²) in [5.41, 5.74) is -3.86. The van der Waals surface area contributed by atoms with Crippen LogP contribution in [0.15, 0.2) is 29.3 Å². The van der Waals surface area contributed by atoms with E-state index in [4.69, 9.17) is 5.26 Å². The molecule has 30 heavy (non-hydrogen) atoms. The highest BCUT2D eigenvalue weighted by Crippen LogP contribution is 2.46. The summed E-state index contributed by atoms with van der Waals surface area (Å²) in [5.74, 6) is -7.83. The molecule has 162 valence electrons. The highest BCUT2D eigenvalue weighted by molar-refractivity contribution is 7.91. The van der Waals surface area contributed by atoms with Crippen LogP contribution < -0.4 is 0 Å². The summed E-state index contributed by atoms with van der Waals surface area (Å²) in [7, 11) is -5.46. The van der Waals surface area contributed by atoms with Gasteiger partial charge < -0.3 is 9.67 Å². The van der Waals surface area contributed by atoms with Crippen LogP contribution in [0.4, 0.5) is 30.7 Å². The molecular weight excluding hydrogens is 445 g/mol. The van der Waals surface area contributed by atoms with E-state index in [1.165, 1.54) is 6.07 Å². The second kappa shape index (κ2) is 6.98. The highest BCUT2D eigenvalue weighted by Gasteiger charge is 2.49. The molecule has 1 heterocycles. The van der Waals surface area contributed by atoms with Gasteiger partial charge in [-0.1, -0.05) is 0 Å². The molecule has 0 unspecified atom stereocenters. The van der Waals surface area contributed by atoms with Gasteiger partial charge in [0.1, 0.15) is 6.10 Å². The van der Waals surface area contributed by atoms with E-state index in [-0.39, 0.29) is 5.69 Å². The molecule has 0 spiro atoms. The van der Waals surface area contributed by atoms with Gasteiger partial charge in [0.05, 0.1) is 22.1 Å². The van der Waals surface area contributed by atoms with Gasteiger partial charge in [0.15, 0.2) is 0 Å². The van der Waals surface area contributed by atoms with Crippen LogP contribution in [0.3, 0.4) is 0 Å². The molecule has 0 radical (unpaired) electrons. The average molecular weight is 456 g/mol. The molecule has 0 amide bonds. The quantitative estimate of drug-likeness (QED) is 0.709. The number of nitriles is 1. The molecule has 1 atom stereocenters. The number of aromatic nitrogens is 1. The van der Waals surface area contributed by atoms with Gasteiger partial charge in [0.25, 0.3) is 5.92 Å². The molecule has 0 aliphatic heterocycles. The molecule has 1 N–H and O–H groups in total. The number of sulfone groups is 1. The number of alkyl halides is 7. The Hall–Kier alpha value is -2.59. The van der Waals surface area contributed by atoms with Crippen LogP contribution in [-0.2, 0) is 22.4 Å². The molecule has 1 aliphatic carbocycles. The number of benzene rings is 1. The number of halogens is 7. The van der Waals surface area contributed by atoms with Crippen LogP contribution >= 0.6 is 0 Å². The van der Waals surface area contributed by atoms with Crippen molar-refractivity contribution in [2.45, 2.75) is 41.7 Å². The Labute approximate surface area is 164 Å². The van der Waals surface area contributed by atoms with Crippen LogP contribution in [0.5, 0.6) is 0 Å². The van der Waals surface area contributed by atoms with Gasteiger partial charge in [-0.2, -0.15) is 27.2 Å². The minimum absolute atomic E-state index is 0.342. The lowest BCUT2D eigenvalue weighted by atomic mass is 9.91. The van der Waals surface area contributed by atoms with Gasteiger partial charge in [-0.3, -0.25) is 0 Å². The fraction of sp³-hybridized carbons (Fsp3) is 0.353. The molecule has 5 nitrogen and oxygen atoms in total. The number of hydrogen-bond acceptors (Lipinski definition) is 4. The van der Waals surface area contributed by atoms with Crippen molar-refractivity contribution < 1.29 is 44.3 Å². The van der Waals surface area contributed by atoms with E-state index in [1.807, 2.05) is 0 Å². The van der Waals surface area contributed by atoms with Crippen LogP contribution in [0, 0.1) is 11.3 Å². The van der Waals surface area contributed by atoms with E-state index in [1.54, 1.807) is 0 Å². The first-order chi connectivity index (χ1) is 13.7. The number of aliphatic hydroxyl groups is 1. The Morgan fingerprint density at radius 2 is 1.90 bits per heavy atom. The number of hydrogen-bond donors (Lipinski definition) is 1. The predicted molar refractivity (Wildman–Crippen MR) is 86.9 cm³/mol. The molecule has 1 aliphatic rings. The topological polar surface area (TPSA) is 83.1 Å². The molecular formula is C17H11F7N2O3S. The lowest BCUT2D eigenvalue weighted by Gasteiger charge is -2.29. The maximum Gasteiger partial charge on any atom is 0.417 e. The monoisotopic (exact) mass is 456 g/mol. The van der Waals surface area contributed by atoms with Crippen molar-refractivity contribution in [1.82, 2.24) is 4.57 Å². The largest absolute Gasteiger partial charge is 0.417 e. The zero-order chi connectivity index (χ0) is 22.6. The fourth-order valence-corrected chi connectivity index (χ4v) is 4.26. The molecule has 0 saturated heterocycles. The molecule has 1 aromatic heterocycles. The van der Waals surface area contributed by atoms with Gasteiger partial charge in [-0.15, -0.1) is 0 Å². The number of nitrogens with zero attached hydrogens (tertiary/aromatic N) is 2. The summed E-state index contributed by atoms with van der Waals surface area (Å²) in [5, 5.41) is 18.8. The van der Waals surface area contributed by atoms with E-state index < -0.39 is 73.9 Å². The summed E-state index contributed by atoms with van der Waals surface area (Å²) < 4.78 is 118. The van der Waals surface area contributed by atoms with Crippen LogP contribution in [0.2, 0.25) is 0 Å². The van der Waals surface area contributed by atoms with Gasteiger partial charge in [0.2, 0.25) is 9.84 Å². The van der Waals surface area contributed by atoms with E-state index in [0.29, 0.717) is 12.3 Å². The normalized spacial score (nSPS) is 18.9. The smallest absolute Gasteiger partial charge is 0.382 e. The number of aliphatic hydroxyl groups excluding tert-OH is 1. The van der Waals surface area contributed by atoms with E-state index in [0.717, 1.165) is 16.7 Å². The van der Waals surface area contributed by atoms with Crippen molar-refractivity contribution in [3.8, 4) is 11.8 Å². The van der Waals surface area contributed by atoms with Crippen molar-refractivity contribution in [1.29, 1.82) is 5.26 Å². The summed E-state index contributed by atoms with van der Waals surface area (Å²) >= 11 is 0.